The average molecular weight is 395 g/mol. The molecule has 2 aromatic rings. The summed E-state index contributed by atoms with van der Waals surface area (Å²) in [4.78, 5) is 37.1. The van der Waals surface area contributed by atoms with Crippen LogP contribution in [0.3, 0.4) is 0 Å². The number of carbonyl (C=O) groups is 3. The van der Waals surface area contributed by atoms with Gasteiger partial charge in [-0.15, -0.1) is 0 Å². The van der Waals surface area contributed by atoms with Crippen LogP contribution in [0, 0.1) is 0 Å². The van der Waals surface area contributed by atoms with E-state index in [2.05, 4.69) is 0 Å². The van der Waals surface area contributed by atoms with Gasteiger partial charge in [-0.25, -0.2) is 4.79 Å². The molecule has 0 aliphatic carbocycles. The van der Waals surface area contributed by atoms with Gasteiger partial charge in [0.2, 0.25) is 0 Å². The number of aryl methyl sites for hydroxylation is 1. The van der Waals surface area contributed by atoms with Crippen molar-refractivity contribution in [1.82, 2.24) is 15.5 Å². The molecule has 1 aromatic carbocycles. The topological polar surface area (TPSA) is 91.7 Å². The molecule has 2 heterocycles. The van der Waals surface area contributed by atoms with Crippen molar-refractivity contribution >= 4 is 17.8 Å². The summed E-state index contributed by atoms with van der Waals surface area (Å²) in [5.41, 5.74) is -2.62. The molecule has 28 heavy (non-hydrogen) atoms. The maximum Gasteiger partial charge on any atom is 0.440 e. The van der Waals surface area contributed by atoms with Crippen molar-refractivity contribution in [2.45, 2.75) is 24.7 Å². The minimum absolute atomic E-state index is 0.228. The highest BCUT2D eigenvalue weighted by Gasteiger charge is 2.68. The Morgan fingerprint density at radius 2 is 1.86 bits per heavy atom. The van der Waals surface area contributed by atoms with E-state index in [1.807, 2.05) is 30.3 Å². The SMILES string of the molecule is O=C(N[C@]1(C(F)(F)F)NC(=O)N(CCCc2ccccc2)C1=O)c1ccco1. The summed E-state index contributed by atoms with van der Waals surface area (Å²) in [6, 6.07) is 10.3. The fourth-order valence-electron chi connectivity index (χ4n) is 2.85. The highest BCUT2D eigenvalue weighted by molar-refractivity contribution is 6.10. The van der Waals surface area contributed by atoms with Crippen LogP contribution in [0.4, 0.5) is 18.0 Å². The van der Waals surface area contributed by atoms with E-state index in [0.29, 0.717) is 11.3 Å². The summed E-state index contributed by atoms with van der Waals surface area (Å²) in [5.74, 6) is -3.28. The van der Waals surface area contributed by atoms with Gasteiger partial charge in [-0.2, -0.15) is 13.2 Å². The minimum atomic E-state index is -5.25. The largest absolute Gasteiger partial charge is 0.459 e. The van der Waals surface area contributed by atoms with Crippen LogP contribution in [0.1, 0.15) is 22.5 Å². The maximum atomic E-state index is 13.7. The lowest BCUT2D eigenvalue weighted by atomic mass is 10.1. The van der Waals surface area contributed by atoms with Crippen LogP contribution in [-0.2, 0) is 11.2 Å². The Balaban J connectivity index is 1.75. The van der Waals surface area contributed by atoms with Gasteiger partial charge in [-0.3, -0.25) is 19.8 Å². The third-order valence-electron chi connectivity index (χ3n) is 4.27. The number of hydrogen-bond donors (Lipinski definition) is 2. The number of carbonyl (C=O) groups excluding carboxylic acids is 3. The highest BCUT2D eigenvalue weighted by atomic mass is 19.4. The van der Waals surface area contributed by atoms with Crippen molar-refractivity contribution in [2.75, 3.05) is 6.54 Å². The van der Waals surface area contributed by atoms with Gasteiger partial charge in [-0.05, 0) is 30.5 Å². The summed E-state index contributed by atoms with van der Waals surface area (Å²) >= 11 is 0. The Kier molecular flexibility index (Phi) is 5.12. The molecule has 4 amide bonds. The molecule has 10 heteroatoms. The number of amides is 4. The summed E-state index contributed by atoms with van der Waals surface area (Å²) in [6.45, 7) is -0.228. The lowest BCUT2D eigenvalue weighted by molar-refractivity contribution is -0.200. The van der Waals surface area contributed by atoms with Crippen LogP contribution < -0.4 is 10.6 Å². The number of nitrogens with zero attached hydrogens (tertiary/aromatic N) is 1. The van der Waals surface area contributed by atoms with E-state index < -0.39 is 35.4 Å². The van der Waals surface area contributed by atoms with Gasteiger partial charge >= 0.3 is 12.2 Å². The molecule has 1 atom stereocenters. The molecule has 0 bridgehead atoms. The predicted molar refractivity (Wildman–Crippen MR) is 90.0 cm³/mol. The lowest BCUT2D eigenvalue weighted by Gasteiger charge is -2.29. The van der Waals surface area contributed by atoms with Crippen molar-refractivity contribution in [3.05, 3.63) is 60.1 Å². The zero-order valence-electron chi connectivity index (χ0n) is 14.5. The number of halogens is 3. The second-order valence-electron chi connectivity index (χ2n) is 6.16. The van der Waals surface area contributed by atoms with Gasteiger partial charge in [0.15, 0.2) is 5.76 Å². The molecule has 1 aliphatic rings. The fourth-order valence-corrected chi connectivity index (χ4v) is 2.85. The lowest BCUT2D eigenvalue weighted by Crippen LogP contribution is -2.69. The monoisotopic (exact) mass is 395 g/mol. The van der Waals surface area contributed by atoms with E-state index in [-0.39, 0.29) is 13.0 Å². The van der Waals surface area contributed by atoms with E-state index in [1.54, 1.807) is 10.6 Å². The number of benzene rings is 1. The van der Waals surface area contributed by atoms with E-state index in [4.69, 9.17) is 4.42 Å². The van der Waals surface area contributed by atoms with Gasteiger partial charge in [0.1, 0.15) is 0 Å². The Morgan fingerprint density at radius 1 is 1.14 bits per heavy atom. The van der Waals surface area contributed by atoms with Crippen LogP contribution in [0.2, 0.25) is 0 Å². The Morgan fingerprint density at radius 3 is 2.46 bits per heavy atom. The van der Waals surface area contributed by atoms with Gasteiger partial charge in [0.05, 0.1) is 6.26 Å². The maximum absolute atomic E-state index is 13.7. The smallest absolute Gasteiger partial charge is 0.440 e. The molecule has 0 radical (unpaired) electrons. The van der Waals surface area contributed by atoms with E-state index >= 15 is 0 Å². The first-order valence-electron chi connectivity index (χ1n) is 8.35. The van der Waals surface area contributed by atoms with Crippen LogP contribution in [0.5, 0.6) is 0 Å². The molecule has 0 spiro atoms. The van der Waals surface area contributed by atoms with Gasteiger partial charge in [0.25, 0.3) is 17.5 Å². The molecule has 0 saturated carbocycles. The molecule has 7 nitrogen and oxygen atoms in total. The number of urea groups is 1. The van der Waals surface area contributed by atoms with E-state index in [9.17, 15) is 27.6 Å². The van der Waals surface area contributed by atoms with Gasteiger partial charge < -0.3 is 9.73 Å². The van der Waals surface area contributed by atoms with Gasteiger partial charge in [-0.1, -0.05) is 30.3 Å². The molecule has 148 valence electrons. The molecule has 3 rings (SSSR count). The second-order valence-corrected chi connectivity index (χ2v) is 6.16. The van der Waals surface area contributed by atoms with Crippen LogP contribution >= 0.6 is 0 Å². The summed E-state index contributed by atoms with van der Waals surface area (Å²) < 4.78 is 45.8. The molecule has 2 N–H and O–H groups in total. The number of rotatable bonds is 6. The molecular formula is C18H16F3N3O4. The Hall–Kier alpha value is -3.30. The number of nitrogens with one attached hydrogen (secondary N) is 2. The Bertz CT molecular complexity index is 868. The second kappa shape index (κ2) is 7.37. The van der Waals surface area contributed by atoms with Crippen molar-refractivity contribution in [3.63, 3.8) is 0 Å². The highest BCUT2D eigenvalue weighted by Crippen LogP contribution is 2.34. The summed E-state index contributed by atoms with van der Waals surface area (Å²) in [7, 11) is 0. The molecule has 1 saturated heterocycles. The molecule has 1 aliphatic heterocycles. The zero-order valence-corrected chi connectivity index (χ0v) is 14.5. The number of imide groups is 1. The van der Waals surface area contributed by atoms with Crippen LogP contribution in [0.25, 0.3) is 0 Å². The molecule has 0 unspecified atom stereocenters. The first-order chi connectivity index (χ1) is 13.2. The molecule has 1 fully saturated rings. The van der Waals surface area contributed by atoms with E-state index in [0.717, 1.165) is 17.9 Å². The van der Waals surface area contributed by atoms with Crippen molar-refractivity contribution < 1.29 is 32.0 Å². The third-order valence-corrected chi connectivity index (χ3v) is 4.27. The van der Waals surface area contributed by atoms with Crippen molar-refractivity contribution in [3.8, 4) is 0 Å². The predicted octanol–water partition coefficient (Wildman–Crippen LogP) is 2.45. The summed E-state index contributed by atoms with van der Waals surface area (Å²) in [5, 5.41) is 3.16. The number of hydrogen-bond acceptors (Lipinski definition) is 4. The zero-order chi connectivity index (χ0) is 20.4. The normalized spacial score (nSPS) is 19.6. The fraction of sp³-hybridized carbons (Fsp3) is 0.278. The first-order valence-corrected chi connectivity index (χ1v) is 8.35. The van der Waals surface area contributed by atoms with E-state index in [1.165, 1.54) is 6.07 Å². The standard InChI is InChI=1S/C18H16F3N3O4/c19-18(20,21)17(22-14(25)13-9-5-11-28-13)15(26)24(16(27)23-17)10-4-8-12-6-2-1-3-7-12/h1-3,5-7,9,11H,4,8,10H2,(H,22,25)(H,23,27)/t17-/m0/s1. The molecular weight excluding hydrogens is 379 g/mol. The first kappa shape index (κ1) is 19.5. The minimum Gasteiger partial charge on any atom is -0.459 e. The average Bonchev–Trinajstić information content (AvgIpc) is 3.25. The van der Waals surface area contributed by atoms with Crippen molar-refractivity contribution in [1.29, 1.82) is 0 Å². The van der Waals surface area contributed by atoms with Gasteiger partial charge in [0, 0.05) is 6.54 Å². The molecule has 1 aromatic heterocycles. The van der Waals surface area contributed by atoms with Crippen molar-refractivity contribution in [2.24, 2.45) is 0 Å². The quantitative estimate of drug-likeness (QED) is 0.735. The van der Waals surface area contributed by atoms with Crippen LogP contribution in [-0.4, -0.2) is 41.1 Å². The third kappa shape index (κ3) is 3.57. The van der Waals surface area contributed by atoms with Crippen LogP contribution in [0.15, 0.2) is 53.1 Å². The number of furan rings is 1. The summed E-state index contributed by atoms with van der Waals surface area (Å²) in [6.07, 6.45) is -3.42. The Labute approximate surface area is 157 Å². The number of alkyl halides is 3.